The molecule has 0 unspecified atom stereocenters. The lowest BCUT2D eigenvalue weighted by molar-refractivity contribution is 0.330. The SMILES string of the molecule is C#CCOc1cc(CNC(=NC)NCc2ccccc2Cl)ccc1OC. The molecule has 0 radical (unpaired) electrons. The second-order valence-electron chi connectivity index (χ2n) is 5.35. The van der Waals surface area contributed by atoms with Crippen molar-refractivity contribution in [2.45, 2.75) is 13.1 Å². The fourth-order valence-electron chi connectivity index (χ4n) is 2.29. The van der Waals surface area contributed by atoms with E-state index in [-0.39, 0.29) is 6.61 Å². The number of halogens is 1. The quantitative estimate of drug-likeness (QED) is 0.446. The van der Waals surface area contributed by atoms with Gasteiger partial charge in [-0.1, -0.05) is 41.8 Å². The first-order valence-electron chi connectivity index (χ1n) is 8.09. The van der Waals surface area contributed by atoms with Gasteiger partial charge in [0.25, 0.3) is 0 Å². The second-order valence-corrected chi connectivity index (χ2v) is 5.76. The van der Waals surface area contributed by atoms with Crippen LogP contribution in [0, 0.1) is 12.3 Å². The van der Waals surface area contributed by atoms with Gasteiger partial charge in [-0.2, -0.15) is 0 Å². The third kappa shape index (κ3) is 5.61. The van der Waals surface area contributed by atoms with Gasteiger partial charge in [-0.3, -0.25) is 4.99 Å². The van der Waals surface area contributed by atoms with Crippen molar-refractivity contribution in [2.24, 2.45) is 4.99 Å². The zero-order valence-corrected chi connectivity index (χ0v) is 15.6. The number of ether oxygens (including phenoxy) is 2. The summed E-state index contributed by atoms with van der Waals surface area (Å²) in [6.07, 6.45) is 5.25. The van der Waals surface area contributed by atoms with Crippen LogP contribution in [0.25, 0.3) is 0 Å². The molecule has 0 aliphatic heterocycles. The summed E-state index contributed by atoms with van der Waals surface area (Å²) < 4.78 is 10.8. The van der Waals surface area contributed by atoms with Crippen molar-refractivity contribution < 1.29 is 9.47 Å². The number of methoxy groups -OCH3 is 1. The molecule has 2 rings (SSSR count). The molecule has 0 aliphatic carbocycles. The third-order valence-corrected chi connectivity index (χ3v) is 4.00. The Kier molecular flexibility index (Phi) is 7.66. The molecule has 2 N–H and O–H groups in total. The minimum absolute atomic E-state index is 0.189. The van der Waals surface area contributed by atoms with Crippen LogP contribution in [-0.2, 0) is 13.1 Å². The summed E-state index contributed by atoms with van der Waals surface area (Å²) in [5, 5.41) is 7.22. The van der Waals surface area contributed by atoms with Crippen molar-refractivity contribution in [1.29, 1.82) is 0 Å². The number of nitrogens with one attached hydrogen (secondary N) is 2. The Morgan fingerprint density at radius 3 is 2.62 bits per heavy atom. The molecule has 2 aromatic carbocycles. The van der Waals surface area contributed by atoms with E-state index >= 15 is 0 Å². The number of nitrogens with zero attached hydrogens (tertiary/aromatic N) is 1. The number of guanidine groups is 1. The number of benzene rings is 2. The van der Waals surface area contributed by atoms with E-state index in [1.165, 1.54) is 0 Å². The average Bonchev–Trinajstić information content (AvgIpc) is 2.67. The smallest absolute Gasteiger partial charge is 0.191 e. The van der Waals surface area contributed by atoms with Crippen LogP contribution in [0.5, 0.6) is 11.5 Å². The highest BCUT2D eigenvalue weighted by Crippen LogP contribution is 2.27. The summed E-state index contributed by atoms with van der Waals surface area (Å²) >= 11 is 6.17. The molecular weight excluding hydrogens is 350 g/mol. The minimum Gasteiger partial charge on any atom is -0.493 e. The van der Waals surface area contributed by atoms with Crippen molar-refractivity contribution in [3.8, 4) is 23.8 Å². The van der Waals surface area contributed by atoms with Gasteiger partial charge in [0, 0.05) is 25.2 Å². The molecule has 0 aliphatic rings. The van der Waals surface area contributed by atoms with E-state index in [1.807, 2.05) is 42.5 Å². The Hall–Kier alpha value is -2.84. The molecule has 2 aromatic rings. The van der Waals surface area contributed by atoms with Gasteiger partial charge >= 0.3 is 0 Å². The average molecular weight is 372 g/mol. The van der Waals surface area contributed by atoms with Crippen LogP contribution in [0.1, 0.15) is 11.1 Å². The van der Waals surface area contributed by atoms with Gasteiger partial charge in [-0.05, 0) is 29.3 Å². The van der Waals surface area contributed by atoms with Crippen molar-refractivity contribution >= 4 is 17.6 Å². The van der Waals surface area contributed by atoms with Gasteiger partial charge in [-0.15, -0.1) is 6.42 Å². The highest BCUT2D eigenvalue weighted by atomic mass is 35.5. The van der Waals surface area contributed by atoms with Crippen molar-refractivity contribution in [2.75, 3.05) is 20.8 Å². The van der Waals surface area contributed by atoms with Crippen molar-refractivity contribution in [1.82, 2.24) is 10.6 Å². The number of hydrogen-bond donors (Lipinski definition) is 2. The molecule has 0 bridgehead atoms. The number of terminal acetylenes is 1. The Labute approximate surface area is 159 Å². The number of rotatable bonds is 7. The van der Waals surface area contributed by atoms with Crippen molar-refractivity contribution in [3.63, 3.8) is 0 Å². The summed E-state index contributed by atoms with van der Waals surface area (Å²) in [5.74, 6) is 4.38. The van der Waals surface area contributed by atoms with Crippen LogP contribution in [0.2, 0.25) is 5.02 Å². The van der Waals surface area contributed by atoms with Crippen LogP contribution in [0.3, 0.4) is 0 Å². The van der Waals surface area contributed by atoms with Gasteiger partial charge in [0.15, 0.2) is 17.5 Å². The van der Waals surface area contributed by atoms with Gasteiger partial charge < -0.3 is 20.1 Å². The standard InChI is InChI=1S/C20H22ClN3O2/c1-4-11-26-19-12-15(9-10-18(19)25-3)13-23-20(22-2)24-14-16-7-5-6-8-17(16)21/h1,5-10,12H,11,13-14H2,2-3H3,(H2,22,23,24). The lowest BCUT2D eigenvalue weighted by Gasteiger charge is -2.14. The topological polar surface area (TPSA) is 54.9 Å². The number of hydrogen-bond acceptors (Lipinski definition) is 3. The van der Waals surface area contributed by atoms with E-state index in [0.717, 1.165) is 16.1 Å². The largest absolute Gasteiger partial charge is 0.493 e. The maximum absolute atomic E-state index is 6.17. The van der Waals surface area contributed by atoms with Crippen LogP contribution in [0.4, 0.5) is 0 Å². The van der Waals surface area contributed by atoms with E-state index in [2.05, 4.69) is 21.5 Å². The first-order valence-corrected chi connectivity index (χ1v) is 8.46. The molecule has 0 fully saturated rings. The molecule has 0 saturated heterocycles. The van der Waals surface area contributed by atoms with Crippen LogP contribution in [0.15, 0.2) is 47.5 Å². The molecule has 0 atom stereocenters. The monoisotopic (exact) mass is 371 g/mol. The molecule has 5 nitrogen and oxygen atoms in total. The maximum Gasteiger partial charge on any atom is 0.191 e. The highest BCUT2D eigenvalue weighted by molar-refractivity contribution is 6.31. The Morgan fingerprint density at radius 2 is 1.92 bits per heavy atom. The fraction of sp³-hybridized carbons (Fsp3) is 0.250. The summed E-state index contributed by atoms with van der Waals surface area (Å²) in [7, 11) is 3.31. The zero-order valence-electron chi connectivity index (χ0n) is 14.9. The summed E-state index contributed by atoms with van der Waals surface area (Å²) in [5.41, 5.74) is 2.02. The summed E-state index contributed by atoms with van der Waals surface area (Å²) in [6, 6.07) is 13.4. The van der Waals surface area contributed by atoms with Gasteiger partial charge in [0.1, 0.15) is 6.61 Å². The predicted molar refractivity (Wildman–Crippen MR) is 106 cm³/mol. The van der Waals surface area contributed by atoms with Crippen LogP contribution >= 0.6 is 11.6 Å². The maximum atomic E-state index is 6.17. The molecule has 26 heavy (non-hydrogen) atoms. The highest BCUT2D eigenvalue weighted by Gasteiger charge is 2.07. The molecule has 0 aromatic heterocycles. The van der Waals surface area contributed by atoms with Gasteiger partial charge in [-0.25, -0.2) is 0 Å². The molecule has 0 amide bonds. The summed E-state index contributed by atoms with van der Waals surface area (Å²) in [4.78, 5) is 4.22. The van der Waals surface area contributed by atoms with Crippen LogP contribution < -0.4 is 20.1 Å². The van der Waals surface area contributed by atoms with Gasteiger partial charge in [0.2, 0.25) is 0 Å². The summed E-state index contributed by atoms with van der Waals surface area (Å²) in [6.45, 7) is 1.34. The molecule has 136 valence electrons. The van der Waals surface area contributed by atoms with Gasteiger partial charge in [0.05, 0.1) is 7.11 Å². The molecule has 0 spiro atoms. The Bertz CT molecular complexity index is 800. The van der Waals surface area contributed by atoms with E-state index in [0.29, 0.717) is 30.5 Å². The van der Waals surface area contributed by atoms with Crippen molar-refractivity contribution in [3.05, 3.63) is 58.6 Å². The third-order valence-electron chi connectivity index (χ3n) is 3.63. The Morgan fingerprint density at radius 1 is 1.15 bits per heavy atom. The first kappa shape index (κ1) is 19.5. The number of aliphatic imine (C=N–C) groups is 1. The first-order chi connectivity index (χ1) is 12.7. The predicted octanol–water partition coefficient (Wildman–Crippen LogP) is 3.23. The minimum atomic E-state index is 0.189. The van der Waals surface area contributed by atoms with Crippen LogP contribution in [-0.4, -0.2) is 26.7 Å². The van der Waals surface area contributed by atoms with E-state index in [4.69, 9.17) is 27.5 Å². The van der Waals surface area contributed by atoms with E-state index < -0.39 is 0 Å². The lowest BCUT2D eigenvalue weighted by Crippen LogP contribution is -2.36. The second kappa shape index (κ2) is 10.2. The normalized spacial score (nSPS) is 10.8. The van der Waals surface area contributed by atoms with E-state index in [1.54, 1.807) is 14.2 Å². The van der Waals surface area contributed by atoms with E-state index in [9.17, 15) is 0 Å². The zero-order chi connectivity index (χ0) is 18.8. The molecule has 0 heterocycles. The molecular formula is C20H22ClN3O2. The molecule has 0 saturated carbocycles. The molecule has 6 heteroatoms. The fourth-order valence-corrected chi connectivity index (χ4v) is 2.49. The Balaban J connectivity index is 1.95. The lowest BCUT2D eigenvalue weighted by atomic mass is 10.2.